The van der Waals surface area contributed by atoms with E-state index in [1.165, 1.54) is 37.5 Å². The second kappa shape index (κ2) is 7.67. The number of carbonyl (C=O) groups excluding carboxylic acids is 1. The Morgan fingerprint density at radius 2 is 1.95 bits per heavy atom. The van der Waals surface area contributed by atoms with E-state index in [1.807, 2.05) is 6.92 Å². The van der Waals surface area contributed by atoms with E-state index in [2.05, 4.69) is 12.2 Å². The Hall–Kier alpha value is -1.71. The summed E-state index contributed by atoms with van der Waals surface area (Å²) in [5, 5.41) is 21.4. The molecule has 1 aromatic carbocycles. The molecule has 1 atom stereocenters. The summed E-state index contributed by atoms with van der Waals surface area (Å²) in [6, 6.07) is 4.19. The Labute approximate surface area is 114 Å². The molecule has 0 saturated carbocycles. The molecule has 0 bridgehead atoms. The molecule has 0 saturated heterocycles. The van der Waals surface area contributed by atoms with E-state index >= 15 is 0 Å². The van der Waals surface area contributed by atoms with E-state index in [-0.39, 0.29) is 23.4 Å². The Morgan fingerprint density at radius 1 is 1.21 bits per heavy atom. The van der Waals surface area contributed by atoms with E-state index in [0.717, 1.165) is 12.8 Å². The number of rotatable bonds is 7. The molecule has 0 aliphatic heterocycles. The van der Waals surface area contributed by atoms with Crippen molar-refractivity contribution in [1.82, 2.24) is 5.32 Å². The molecule has 3 N–H and O–H groups in total. The number of unbranched alkanes of at least 4 members (excludes halogenated alkanes) is 3. The summed E-state index contributed by atoms with van der Waals surface area (Å²) in [6.07, 6.45) is 5.68. The van der Waals surface area contributed by atoms with Crippen molar-refractivity contribution in [3.05, 3.63) is 23.8 Å². The molecule has 1 rings (SSSR count). The first-order valence-corrected chi connectivity index (χ1v) is 6.87. The molecule has 4 heteroatoms. The largest absolute Gasteiger partial charge is 0.504 e. The molecule has 0 aliphatic carbocycles. The van der Waals surface area contributed by atoms with Gasteiger partial charge in [0.1, 0.15) is 0 Å². The van der Waals surface area contributed by atoms with Gasteiger partial charge >= 0.3 is 0 Å². The van der Waals surface area contributed by atoms with Crippen LogP contribution in [0.15, 0.2) is 18.2 Å². The van der Waals surface area contributed by atoms with Crippen molar-refractivity contribution >= 4 is 5.91 Å². The molecule has 19 heavy (non-hydrogen) atoms. The van der Waals surface area contributed by atoms with Crippen molar-refractivity contribution in [3.8, 4) is 11.5 Å². The molecule has 0 fully saturated rings. The lowest BCUT2D eigenvalue weighted by molar-refractivity contribution is 0.0937. The van der Waals surface area contributed by atoms with Crippen LogP contribution in [-0.2, 0) is 0 Å². The first-order chi connectivity index (χ1) is 9.04. The molecule has 106 valence electrons. The topological polar surface area (TPSA) is 69.6 Å². The molecular formula is C15H23NO3. The highest BCUT2D eigenvalue weighted by atomic mass is 16.3. The number of aromatic hydroxyl groups is 2. The van der Waals surface area contributed by atoms with Gasteiger partial charge in [0.05, 0.1) is 0 Å². The van der Waals surface area contributed by atoms with Crippen molar-refractivity contribution in [3.63, 3.8) is 0 Å². The number of hydrogen-bond acceptors (Lipinski definition) is 3. The molecule has 1 aromatic rings. The van der Waals surface area contributed by atoms with E-state index in [0.29, 0.717) is 5.56 Å². The van der Waals surface area contributed by atoms with Crippen LogP contribution in [0, 0.1) is 0 Å². The van der Waals surface area contributed by atoms with Crippen LogP contribution in [0.1, 0.15) is 56.3 Å². The van der Waals surface area contributed by atoms with Crippen molar-refractivity contribution in [2.45, 2.75) is 52.0 Å². The number of benzene rings is 1. The Bertz CT molecular complexity index is 418. The van der Waals surface area contributed by atoms with Crippen LogP contribution in [0.25, 0.3) is 0 Å². The lowest BCUT2D eigenvalue weighted by atomic mass is 10.1. The quantitative estimate of drug-likeness (QED) is 0.524. The second-order valence-electron chi connectivity index (χ2n) is 4.93. The SMILES string of the molecule is CCCCCCC(C)NC(=O)c1ccc(O)c(O)c1. The fourth-order valence-electron chi connectivity index (χ4n) is 1.92. The number of phenolic OH excluding ortho intramolecular Hbond substituents is 2. The van der Waals surface area contributed by atoms with Gasteiger partial charge in [0.25, 0.3) is 5.91 Å². The fourth-order valence-corrected chi connectivity index (χ4v) is 1.92. The first-order valence-electron chi connectivity index (χ1n) is 6.87. The summed E-state index contributed by atoms with van der Waals surface area (Å²) >= 11 is 0. The van der Waals surface area contributed by atoms with Gasteiger partial charge in [0.2, 0.25) is 0 Å². The number of amides is 1. The number of carbonyl (C=O) groups is 1. The van der Waals surface area contributed by atoms with Crippen molar-refractivity contribution in [2.24, 2.45) is 0 Å². The molecule has 0 aromatic heterocycles. The maximum absolute atomic E-state index is 11.9. The van der Waals surface area contributed by atoms with Crippen LogP contribution in [-0.4, -0.2) is 22.2 Å². The highest BCUT2D eigenvalue weighted by molar-refractivity contribution is 5.95. The highest BCUT2D eigenvalue weighted by Gasteiger charge is 2.11. The fraction of sp³-hybridized carbons (Fsp3) is 0.533. The normalized spacial score (nSPS) is 12.1. The minimum absolute atomic E-state index is 0.111. The molecular weight excluding hydrogens is 242 g/mol. The third kappa shape index (κ3) is 5.20. The summed E-state index contributed by atoms with van der Waals surface area (Å²) in [6.45, 7) is 4.15. The summed E-state index contributed by atoms with van der Waals surface area (Å²) in [4.78, 5) is 11.9. The van der Waals surface area contributed by atoms with Gasteiger partial charge in [-0.15, -0.1) is 0 Å². The predicted octanol–water partition coefficient (Wildman–Crippen LogP) is 3.19. The van der Waals surface area contributed by atoms with Crippen LogP contribution in [0.3, 0.4) is 0 Å². The van der Waals surface area contributed by atoms with Gasteiger partial charge in [-0.25, -0.2) is 0 Å². The van der Waals surface area contributed by atoms with Gasteiger partial charge in [-0.2, -0.15) is 0 Å². The number of hydrogen-bond donors (Lipinski definition) is 3. The Kier molecular flexibility index (Phi) is 6.19. The van der Waals surface area contributed by atoms with Gasteiger partial charge in [0.15, 0.2) is 11.5 Å². The maximum Gasteiger partial charge on any atom is 0.251 e. The van der Waals surface area contributed by atoms with Crippen LogP contribution in [0.5, 0.6) is 11.5 Å². The van der Waals surface area contributed by atoms with Gasteiger partial charge < -0.3 is 15.5 Å². The Balaban J connectivity index is 2.43. The third-order valence-corrected chi connectivity index (χ3v) is 3.11. The van der Waals surface area contributed by atoms with Crippen LogP contribution < -0.4 is 5.32 Å². The smallest absolute Gasteiger partial charge is 0.251 e. The lowest BCUT2D eigenvalue weighted by Gasteiger charge is -2.14. The Morgan fingerprint density at radius 3 is 2.58 bits per heavy atom. The molecule has 0 radical (unpaired) electrons. The molecule has 0 spiro atoms. The molecule has 0 heterocycles. The lowest BCUT2D eigenvalue weighted by Crippen LogP contribution is -2.32. The minimum Gasteiger partial charge on any atom is -0.504 e. The van der Waals surface area contributed by atoms with E-state index < -0.39 is 0 Å². The maximum atomic E-state index is 11.9. The van der Waals surface area contributed by atoms with Crippen molar-refractivity contribution in [2.75, 3.05) is 0 Å². The van der Waals surface area contributed by atoms with E-state index in [1.54, 1.807) is 0 Å². The zero-order chi connectivity index (χ0) is 14.3. The monoisotopic (exact) mass is 265 g/mol. The summed E-state index contributed by atoms with van der Waals surface area (Å²) in [5.41, 5.74) is 0.357. The average molecular weight is 265 g/mol. The number of phenols is 2. The zero-order valence-electron chi connectivity index (χ0n) is 11.6. The van der Waals surface area contributed by atoms with Gasteiger partial charge in [-0.3, -0.25) is 4.79 Å². The van der Waals surface area contributed by atoms with Gasteiger partial charge in [0, 0.05) is 11.6 Å². The second-order valence-corrected chi connectivity index (χ2v) is 4.93. The molecule has 0 aliphatic rings. The van der Waals surface area contributed by atoms with Crippen molar-refractivity contribution in [1.29, 1.82) is 0 Å². The van der Waals surface area contributed by atoms with Gasteiger partial charge in [-0.05, 0) is 31.5 Å². The number of nitrogens with one attached hydrogen (secondary N) is 1. The summed E-state index contributed by atoms with van der Waals surface area (Å²) in [5.74, 6) is -0.717. The van der Waals surface area contributed by atoms with Crippen LogP contribution in [0.2, 0.25) is 0 Å². The van der Waals surface area contributed by atoms with Crippen LogP contribution in [0.4, 0.5) is 0 Å². The molecule has 1 unspecified atom stereocenters. The van der Waals surface area contributed by atoms with Crippen molar-refractivity contribution < 1.29 is 15.0 Å². The third-order valence-electron chi connectivity index (χ3n) is 3.11. The first kappa shape index (κ1) is 15.3. The average Bonchev–Trinajstić information content (AvgIpc) is 2.38. The van der Waals surface area contributed by atoms with Crippen LogP contribution >= 0.6 is 0 Å². The highest BCUT2D eigenvalue weighted by Crippen LogP contribution is 2.24. The minimum atomic E-state index is -0.275. The van der Waals surface area contributed by atoms with E-state index in [4.69, 9.17) is 0 Å². The summed E-state index contributed by atoms with van der Waals surface area (Å²) < 4.78 is 0. The standard InChI is InChI=1S/C15H23NO3/c1-3-4-5-6-7-11(2)16-15(19)12-8-9-13(17)14(18)10-12/h8-11,17-18H,3-7H2,1-2H3,(H,16,19). The van der Waals surface area contributed by atoms with E-state index in [9.17, 15) is 15.0 Å². The zero-order valence-corrected chi connectivity index (χ0v) is 11.6. The van der Waals surface area contributed by atoms with Gasteiger partial charge in [-0.1, -0.05) is 32.6 Å². The predicted molar refractivity (Wildman–Crippen MR) is 75.5 cm³/mol. The summed E-state index contributed by atoms with van der Waals surface area (Å²) in [7, 11) is 0. The molecule has 1 amide bonds. The molecule has 4 nitrogen and oxygen atoms in total.